The average molecular weight is 313 g/mol. The SMILES string of the molecule is CCN(CC)CC1CCN(Cn2nc(CO)n(C)c2=S)C1. The van der Waals surface area contributed by atoms with Gasteiger partial charge >= 0.3 is 0 Å². The first-order valence-corrected chi connectivity index (χ1v) is 8.18. The van der Waals surface area contributed by atoms with Crippen LogP contribution in [-0.4, -0.2) is 62.0 Å². The zero-order valence-electron chi connectivity index (χ0n) is 13.3. The lowest BCUT2D eigenvalue weighted by Gasteiger charge is -2.22. The molecule has 7 heteroatoms. The van der Waals surface area contributed by atoms with Crippen molar-refractivity contribution in [1.82, 2.24) is 24.1 Å². The predicted molar refractivity (Wildman–Crippen MR) is 85.4 cm³/mol. The fraction of sp³-hybridized carbons (Fsp3) is 0.857. The Morgan fingerprint density at radius 1 is 1.38 bits per heavy atom. The van der Waals surface area contributed by atoms with Gasteiger partial charge in [-0.05, 0) is 37.6 Å². The van der Waals surface area contributed by atoms with Crippen molar-refractivity contribution in [2.45, 2.75) is 33.5 Å². The molecule has 0 saturated carbocycles. The molecular weight excluding hydrogens is 286 g/mol. The highest BCUT2D eigenvalue weighted by Crippen LogP contribution is 2.18. The van der Waals surface area contributed by atoms with Gasteiger partial charge in [0.25, 0.3) is 0 Å². The van der Waals surface area contributed by atoms with Crippen LogP contribution in [0.25, 0.3) is 0 Å². The minimum Gasteiger partial charge on any atom is -0.388 e. The van der Waals surface area contributed by atoms with E-state index in [1.54, 1.807) is 4.57 Å². The molecule has 1 atom stereocenters. The van der Waals surface area contributed by atoms with E-state index in [0.29, 0.717) is 10.6 Å². The van der Waals surface area contributed by atoms with Gasteiger partial charge < -0.3 is 14.6 Å². The molecule has 2 rings (SSSR count). The summed E-state index contributed by atoms with van der Waals surface area (Å²) >= 11 is 5.37. The molecule has 0 spiro atoms. The van der Waals surface area contributed by atoms with E-state index in [1.807, 2.05) is 11.7 Å². The highest BCUT2D eigenvalue weighted by molar-refractivity contribution is 7.71. The molecule has 1 saturated heterocycles. The summed E-state index contributed by atoms with van der Waals surface area (Å²) in [5.41, 5.74) is 0. The number of aliphatic hydroxyl groups excluding tert-OH is 1. The Labute approximate surface area is 132 Å². The van der Waals surface area contributed by atoms with Gasteiger partial charge in [-0.15, -0.1) is 0 Å². The molecule has 1 aromatic rings. The third-order valence-electron chi connectivity index (χ3n) is 4.39. The first kappa shape index (κ1) is 16.6. The molecule has 0 aromatic carbocycles. The second-order valence-electron chi connectivity index (χ2n) is 5.77. The van der Waals surface area contributed by atoms with Crippen LogP contribution in [0.5, 0.6) is 0 Å². The summed E-state index contributed by atoms with van der Waals surface area (Å²) in [5, 5.41) is 13.6. The van der Waals surface area contributed by atoms with Gasteiger partial charge in [0.05, 0.1) is 6.67 Å². The van der Waals surface area contributed by atoms with Crippen molar-refractivity contribution >= 4 is 12.2 Å². The third-order valence-corrected chi connectivity index (χ3v) is 4.87. The number of likely N-dealkylation sites (tertiary alicyclic amines) is 1. The van der Waals surface area contributed by atoms with E-state index in [9.17, 15) is 5.11 Å². The molecule has 0 radical (unpaired) electrons. The number of aromatic nitrogens is 3. The lowest BCUT2D eigenvalue weighted by Crippen LogP contribution is -2.31. The Kier molecular flexibility index (Phi) is 5.92. The van der Waals surface area contributed by atoms with Crippen LogP contribution in [-0.2, 0) is 20.3 Å². The van der Waals surface area contributed by atoms with Gasteiger partial charge in [-0.25, -0.2) is 4.68 Å². The maximum atomic E-state index is 9.25. The summed E-state index contributed by atoms with van der Waals surface area (Å²) in [6, 6.07) is 0. The van der Waals surface area contributed by atoms with E-state index in [1.165, 1.54) is 13.0 Å². The van der Waals surface area contributed by atoms with Crippen LogP contribution in [0, 0.1) is 10.7 Å². The summed E-state index contributed by atoms with van der Waals surface area (Å²) in [6.07, 6.45) is 1.24. The molecule has 120 valence electrons. The molecule has 2 heterocycles. The maximum Gasteiger partial charge on any atom is 0.198 e. The van der Waals surface area contributed by atoms with Crippen molar-refractivity contribution in [1.29, 1.82) is 0 Å². The average Bonchev–Trinajstić information content (AvgIpc) is 3.04. The number of nitrogens with zero attached hydrogens (tertiary/aromatic N) is 5. The lowest BCUT2D eigenvalue weighted by molar-refractivity contribution is 0.216. The van der Waals surface area contributed by atoms with E-state index in [4.69, 9.17) is 12.2 Å². The third kappa shape index (κ3) is 3.91. The lowest BCUT2D eigenvalue weighted by atomic mass is 10.1. The van der Waals surface area contributed by atoms with Crippen molar-refractivity contribution < 1.29 is 5.11 Å². The van der Waals surface area contributed by atoms with Crippen LogP contribution >= 0.6 is 12.2 Å². The largest absolute Gasteiger partial charge is 0.388 e. The van der Waals surface area contributed by atoms with Gasteiger partial charge in [0.2, 0.25) is 0 Å². The molecule has 1 unspecified atom stereocenters. The topological polar surface area (TPSA) is 49.5 Å². The molecule has 1 N–H and O–H groups in total. The van der Waals surface area contributed by atoms with Crippen molar-refractivity contribution in [2.24, 2.45) is 13.0 Å². The fourth-order valence-corrected chi connectivity index (χ4v) is 3.19. The van der Waals surface area contributed by atoms with Gasteiger partial charge in [-0.2, -0.15) is 5.10 Å². The number of hydrogen-bond acceptors (Lipinski definition) is 5. The zero-order chi connectivity index (χ0) is 15.4. The quantitative estimate of drug-likeness (QED) is 0.763. The van der Waals surface area contributed by atoms with Gasteiger partial charge in [0.1, 0.15) is 6.61 Å². The number of hydrogen-bond donors (Lipinski definition) is 1. The summed E-state index contributed by atoms with van der Waals surface area (Å²) in [4.78, 5) is 4.89. The van der Waals surface area contributed by atoms with Crippen molar-refractivity contribution in [3.05, 3.63) is 10.6 Å². The Balaban J connectivity index is 1.92. The van der Waals surface area contributed by atoms with E-state index in [2.05, 4.69) is 28.7 Å². The van der Waals surface area contributed by atoms with Crippen LogP contribution in [0.15, 0.2) is 0 Å². The van der Waals surface area contributed by atoms with Crippen LogP contribution in [0.3, 0.4) is 0 Å². The minimum atomic E-state index is -0.0717. The van der Waals surface area contributed by atoms with Crippen molar-refractivity contribution in [2.75, 3.05) is 32.7 Å². The van der Waals surface area contributed by atoms with Gasteiger partial charge in [0.15, 0.2) is 10.6 Å². The molecular formula is C14H27N5OS. The molecule has 1 aliphatic heterocycles. The second-order valence-corrected chi connectivity index (χ2v) is 6.14. The smallest absolute Gasteiger partial charge is 0.198 e. The van der Waals surface area contributed by atoms with E-state index in [0.717, 1.165) is 38.8 Å². The molecule has 1 fully saturated rings. The molecule has 21 heavy (non-hydrogen) atoms. The predicted octanol–water partition coefficient (Wildman–Crippen LogP) is 1.06. The highest BCUT2D eigenvalue weighted by Gasteiger charge is 2.24. The molecule has 6 nitrogen and oxygen atoms in total. The van der Waals surface area contributed by atoms with Gasteiger partial charge in [0, 0.05) is 26.7 Å². The fourth-order valence-electron chi connectivity index (χ4n) is 2.99. The van der Waals surface area contributed by atoms with Crippen LogP contribution in [0.1, 0.15) is 26.1 Å². The second kappa shape index (κ2) is 7.49. The number of aliphatic hydroxyl groups is 1. The Bertz CT molecular complexity index is 508. The van der Waals surface area contributed by atoms with Gasteiger partial charge in [-0.3, -0.25) is 4.90 Å². The van der Waals surface area contributed by atoms with Crippen LogP contribution in [0.4, 0.5) is 0 Å². The first-order valence-electron chi connectivity index (χ1n) is 7.77. The molecule has 0 aliphatic carbocycles. The van der Waals surface area contributed by atoms with Crippen LogP contribution in [0.2, 0.25) is 0 Å². The zero-order valence-corrected chi connectivity index (χ0v) is 14.1. The maximum absolute atomic E-state index is 9.25. The molecule has 1 aromatic heterocycles. The van der Waals surface area contributed by atoms with E-state index < -0.39 is 0 Å². The molecule has 0 bridgehead atoms. The molecule has 0 amide bonds. The Morgan fingerprint density at radius 2 is 2.10 bits per heavy atom. The van der Waals surface area contributed by atoms with Crippen LogP contribution < -0.4 is 0 Å². The summed E-state index contributed by atoms with van der Waals surface area (Å²) in [5.74, 6) is 1.36. The Morgan fingerprint density at radius 3 is 2.67 bits per heavy atom. The Hall–Kier alpha value is -0.760. The number of rotatable bonds is 7. The summed E-state index contributed by atoms with van der Waals surface area (Å²) in [6.45, 7) is 10.7. The van der Waals surface area contributed by atoms with E-state index in [-0.39, 0.29) is 6.61 Å². The monoisotopic (exact) mass is 313 g/mol. The summed E-state index contributed by atoms with van der Waals surface area (Å²) in [7, 11) is 1.85. The first-order chi connectivity index (χ1) is 10.1. The standard InChI is InChI=1S/C14H27N5OS/c1-4-17(5-2)8-12-6-7-18(9-12)11-19-14(21)16(3)13(10-20)15-19/h12,20H,4-11H2,1-3H3. The van der Waals surface area contributed by atoms with Gasteiger partial charge in [-0.1, -0.05) is 13.8 Å². The van der Waals surface area contributed by atoms with Crippen molar-refractivity contribution in [3.63, 3.8) is 0 Å². The summed E-state index contributed by atoms with van der Waals surface area (Å²) < 4.78 is 4.27. The molecule has 1 aliphatic rings. The minimum absolute atomic E-state index is 0.0717. The van der Waals surface area contributed by atoms with Crippen molar-refractivity contribution in [3.8, 4) is 0 Å². The van der Waals surface area contributed by atoms with E-state index >= 15 is 0 Å². The normalized spacial score (nSPS) is 19.8. The highest BCUT2D eigenvalue weighted by atomic mass is 32.1.